The number of aldehydes is 1. The molecule has 0 aliphatic rings. The van der Waals surface area contributed by atoms with Crippen LogP contribution in [0, 0.1) is 5.82 Å². The van der Waals surface area contributed by atoms with Crippen LogP contribution in [0.25, 0.3) is 0 Å². The number of carbonyl (C=O) groups is 2. The number of hydrogen-bond acceptors (Lipinski definition) is 3. The third-order valence-electron chi connectivity index (χ3n) is 3.36. The van der Waals surface area contributed by atoms with Gasteiger partial charge in [0.15, 0.2) is 6.29 Å². The van der Waals surface area contributed by atoms with E-state index >= 15 is 0 Å². The van der Waals surface area contributed by atoms with Gasteiger partial charge in [0.05, 0.1) is 12.0 Å². The molecule has 3 nitrogen and oxygen atoms in total. The number of benzene rings is 2. The van der Waals surface area contributed by atoms with Crippen molar-refractivity contribution in [1.82, 2.24) is 0 Å². The van der Waals surface area contributed by atoms with E-state index in [1.807, 2.05) is 45.0 Å². The highest BCUT2D eigenvalue weighted by Crippen LogP contribution is 2.16. The lowest BCUT2D eigenvalue weighted by atomic mass is 10.0. The second-order valence-corrected chi connectivity index (χ2v) is 6.73. The van der Waals surface area contributed by atoms with Crippen molar-refractivity contribution < 1.29 is 18.7 Å². The molecule has 0 saturated carbocycles. The third-order valence-corrected chi connectivity index (χ3v) is 3.36. The molecule has 0 aliphatic carbocycles. The van der Waals surface area contributed by atoms with Crippen LogP contribution >= 0.6 is 0 Å². The van der Waals surface area contributed by atoms with Gasteiger partial charge in [0, 0.05) is 0 Å². The summed E-state index contributed by atoms with van der Waals surface area (Å²) in [5.41, 5.74) is 2.14. The summed E-state index contributed by atoms with van der Waals surface area (Å²) >= 11 is 0. The molecule has 4 heteroatoms. The topological polar surface area (TPSA) is 43.4 Å². The first-order chi connectivity index (χ1) is 11.3. The van der Waals surface area contributed by atoms with Gasteiger partial charge in [-0.1, -0.05) is 30.3 Å². The number of halogens is 1. The Bertz CT molecular complexity index is 745. The van der Waals surface area contributed by atoms with Gasteiger partial charge in [-0.15, -0.1) is 0 Å². The van der Waals surface area contributed by atoms with Crippen molar-refractivity contribution in [2.75, 3.05) is 0 Å². The lowest BCUT2D eigenvalue weighted by Crippen LogP contribution is -2.24. The normalized spacial score (nSPS) is 11.2. The molecule has 0 aromatic heterocycles. The van der Waals surface area contributed by atoms with Gasteiger partial charge in [0.1, 0.15) is 11.4 Å². The van der Waals surface area contributed by atoms with Crippen molar-refractivity contribution >= 4 is 12.3 Å². The minimum absolute atomic E-state index is 0.0532. The minimum Gasteiger partial charge on any atom is -0.460 e. The van der Waals surface area contributed by atoms with Gasteiger partial charge in [-0.3, -0.25) is 9.59 Å². The van der Waals surface area contributed by atoms with Crippen molar-refractivity contribution in [1.29, 1.82) is 0 Å². The van der Waals surface area contributed by atoms with Crippen molar-refractivity contribution in [3.63, 3.8) is 0 Å². The van der Waals surface area contributed by atoms with Gasteiger partial charge in [0.25, 0.3) is 0 Å². The summed E-state index contributed by atoms with van der Waals surface area (Å²) in [5, 5.41) is 0. The van der Waals surface area contributed by atoms with Gasteiger partial charge >= 0.3 is 5.97 Å². The maximum Gasteiger partial charge on any atom is 0.310 e. The zero-order chi connectivity index (χ0) is 17.7. The first-order valence-electron chi connectivity index (χ1n) is 7.80. The Hall–Kier alpha value is -2.49. The summed E-state index contributed by atoms with van der Waals surface area (Å²) in [6.45, 7) is 5.50. The second kappa shape index (κ2) is 7.39. The monoisotopic (exact) mass is 328 g/mol. The predicted octanol–water partition coefficient (Wildman–Crippen LogP) is 4.11. The molecule has 0 atom stereocenters. The molecular weight excluding hydrogens is 307 g/mol. The van der Waals surface area contributed by atoms with Crippen LogP contribution in [0.1, 0.15) is 47.8 Å². The molecule has 24 heavy (non-hydrogen) atoms. The zero-order valence-electron chi connectivity index (χ0n) is 14.1. The molecule has 0 amide bonds. The Morgan fingerprint density at radius 3 is 2.38 bits per heavy atom. The van der Waals surface area contributed by atoms with E-state index in [0.717, 1.165) is 16.7 Å². The zero-order valence-corrected chi connectivity index (χ0v) is 14.1. The summed E-state index contributed by atoms with van der Waals surface area (Å²) in [6, 6.07) is 12.1. The molecule has 2 rings (SSSR count). The van der Waals surface area contributed by atoms with Crippen LogP contribution in [-0.4, -0.2) is 17.9 Å². The van der Waals surface area contributed by atoms with Crippen LogP contribution < -0.4 is 0 Å². The average molecular weight is 328 g/mol. The van der Waals surface area contributed by atoms with Crippen LogP contribution in [0.15, 0.2) is 42.5 Å². The quantitative estimate of drug-likeness (QED) is 0.613. The van der Waals surface area contributed by atoms with Gasteiger partial charge in [0.2, 0.25) is 0 Å². The maximum absolute atomic E-state index is 13.7. The Kier molecular flexibility index (Phi) is 5.50. The molecule has 0 heterocycles. The molecule has 0 aliphatic heterocycles. The molecule has 2 aromatic carbocycles. The van der Waals surface area contributed by atoms with Crippen LogP contribution in [0.2, 0.25) is 0 Å². The fraction of sp³-hybridized carbons (Fsp3) is 0.300. The van der Waals surface area contributed by atoms with E-state index in [4.69, 9.17) is 4.74 Å². The summed E-state index contributed by atoms with van der Waals surface area (Å²) < 4.78 is 19.0. The molecule has 126 valence electrons. The summed E-state index contributed by atoms with van der Waals surface area (Å²) in [6.07, 6.45) is 1.22. The van der Waals surface area contributed by atoms with Crippen LogP contribution in [0.4, 0.5) is 4.39 Å². The minimum atomic E-state index is -0.521. The lowest BCUT2D eigenvalue weighted by molar-refractivity contribution is -0.153. The van der Waals surface area contributed by atoms with E-state index in [0.29, 0.717) is 12.7 Å². The second-order valence-electron chi connectivity index (χ2n) is 6.73. The largest absolute Gasteiger partial charge is 0.460 e. The van der Waals surface area contributed by atoms with Crippen LogP contribution in [0.5, 0.6) is 0 Å². The number of carbonyl (C=O) groups excluding carboxylic acids is 2. The summed E-state index contributed by atoms with van der Waals surface area (Å²) in [4.78, 5) is 22.6. The SMILES string of the molecule is CC(C)(C)OC(=O)Cc1cccc(Cc2ccc(C=O)c(F)c2)c1. The number of esters is 1. The Balaban J connectivity index is 2.09. The Morgan fingerprint density at radius 1 is 1.08 bits per heavy atom. The van der Waals surface area contributed by atoms with Crippen molar-refractivity contribution in [3.8, 4) is 0 Å². The highest BCUT2D eigenvalue weighted by molar-refractivity contribution is 5.75. The van der Waals surface area contributed by atoms with Gasteiger partial charge in [-0.05, 0) is 56.0 Å². The van der Waals surface area contributed by atoms with E-state index in [1.54, 1.807) is 6.07 Å². The molecule has 0 spiro atoms. The lowest BCUT2D eigenvalue weighted by Gasteiger charge is -2.19. The summed E-state index contributed by atoms with van der Waals surface area (Å²) in [7, 11) is 0. The first kappa shape index (κ1) is 17.9. The van der Waals surface area contributed by atoms with Gasteiger partial charge < -0.3 is 4.74 Å². The highest BCUT2D eigenvalue weighted by Gasteiger charge is 2.16. The molecule has 2 aromatic rings. The smallest absolute Gasteiger partial charge is 0.310 e. The predicted molar refractivity (Wildman–Crippen MR) is 90.6 cm³/mol. The van der Waals surface area contributed by atoms with Crippen LogP contribution in [0.3, 0.4) is 0 Å². The summed E-state index contributed by atoms with van der Waals surface area (Å²) in [5.74, 6) is -0.798. The number of hydrogen-bond donors (Lipinski definition) is 0. The molecule has 0 N–H and O–H groups in total. The van der Waals surface area contributed by atoms with Crippen molar-refractivity contribution in [2.24, 2.45) is 0 Å². The van der Waals surface area contributed by atoms with E-state index < -0.39 is 11.4 Å². The fourth-order valence-electron chi connectivity index (χ4n) is 2.41. The Morgan fingerprint density at radius 2 is 1.75 bits per heavy atom. The molecule has 0 radical (unpaired) electrons. The Labute approximate surface area is 141 Å². The van der Waals surface area contributed by atoms with E-state index in [9.17, 15) is 14.0 Å². The molecule has 0 fully saturated rings. The first-order valence-corrected chi connectivity index (χ1v) is 7.80. The van der Waals surface area contributed by atoms with E-state index in [-0.39, 0.29) is 18.0 Å². The molecular formula is C20H21FO3. The molecule has 0 bridgehead atoms. The third kappa shape index (κ3) is 5.30. The average Bonchev–Trinajstić information content (AvgIpc) is 2.45. The number of rotatable bonds is 5. The van der Waals surface area contributed by atoms with Crippen LogP contribution in [-0.2, 0) is 22.4 Å². The maximum atomic E-state index is 13.7. The highest BCUT2D eigenvalue weighted by atomic mass is 19.1. The van der Waals surface area contributed by atoms with E-state index in [1.165, 1.54) is 12.1 Å². The van der Waals surface area contributed by atoms with Gasteiger partial charge in [-0.2, -0.15) is 0 Å². The van der Waals surface area contributed by atoms with Crippen molar-refractivity contribution in [2.45, 2.75) is 39.2 Å². The molecule has 0 unspecified atom stereocenters. The van der Waals surface area contributed by atoms with Gasteiger partial charge in [-0.25, -0.2) is 4.39 Å². The number of ether oxygens (including phenoxy) is 1. The standard InChI is InChI=1S/C20H21FO3/c1-20(2,3)24-19(23)12-15-6-4-5-14(9-15)10-16-7-8-17(13-22)18(21)11-16/h4-9,11,13H,10,12H2,1-3H3. The van der Waals surface area contributed by atoms with Crippen molar-refractivity contribution in [3.05, 3.63) is 70.5 Å². The molecule has 0 saturated heterocycles. The fourth-order valence-corrected chi connectivity index (χ4v) is 2.41. The van der Waals surface area contributed by atoms with E-state index in [2.05, 4.69) is 0 Å².